The fourth-order valence-electron chi connectivity index (χ4n) is 5.07. The van der Waals surface area contributed by atoms with E-state index >= 15 is 0 Å². The molecule has 1 amide bonds. The molecule has 4 rings (SSSR count). The van der Waals surface area contributed by atoms with Crippen LogP contribution in [-0.2, 0) is 9.53 Å². The standard InChI is InChI=1S/C27H32F4N2O2/c1-16(2)14-22(26(34)33-15-21(28)24-23(33)12-13-35-24)32-25(27(29,30)31)20-10-8-19(9-11-20)18-6-4-17(3)5-7-18/h4-11,16,21-25,32H,12-15H2,1-3H3/t21-,22?,23+,24+,25?/m0/s1. The molecule has 2 unspecified atom stereocenters. The largest absolute Gasteiger partial charge is 0.407 e. The zero-order chi connectivity index (χ0) is 25.3. The molecule has 2 saturated heterocycles. The van der Waals surface area contributed by atoms with Crippen molar-refractivity contribution in [2.45, 2.75) is 70.2 Å². The highest BCUT2D eigenvalue weighted by Crippen LogP contribution is 2.36. The number of aryl methyl sites for hydroxylation is 1. The Hall–Kier alpha value is -2.45. The van der Waals surface area contributed by atoms with Gasteiger partial charge in [-0.05, 0) is 42.4 Å². The molecule has 2 heterocycles. The molecular formula is C27H32F4N2O2. The van der Waals surface area contributed by atoms with E-state index in [0.717, 1.165) is 16.7 Å². The van der Waals surface area contributed by atoms with Gasteiger partial charge in [-0.25, -0.2) is 4.39 Å². The predicted octanol–water partition coefficient (Wildman–Crippen LogP) is 5.61. The molecule has 35 heavy (non-hydrogen) atoms. The molecule has 2 fully saturated rings. The minimum absolute atomic E-state index is 0.0294. The highest BCUT2D eigenvalue weighted by molar-refractivity contribution is 5.83. The first-order valence-corrected chi connectivity index (χ1v) is 12.1. The van der Waals surface area contributed by atoms with Crippen LogP contribution in [0.1, 0.15) is 43.9 Å². The molecule has 2 aliphatic rings. The van der Waals surface area contributed by atoms with Crippen LogP contribution in [0.15, 0.2) is 48.5 Å². The van der Waals surface area contributed by atoms with Gasteiger partial charge in [0.2, 0.25) is 5.91 Å². The number of halogens is 4. The number of hydrogen-bond acceptors (Lipinski definition) is 3. The molecule has 2 aliphatic heterocycles. The normalized spacial score (nSPS) is 24.0. The molecule has 2 aromatic rings. The molecule has 2 aromatic carbocycles. The maximum absolute atomic E-state index is 14.4. The third-order valence-corrected chi connectivity index (χ3v) is 6.84. The van der Waals surface area contributed by atoms with Crippen LogP contribution in [0.25, 0.3) is 11.1 Å². The van der Waals surface area contributed by atoms with Gasteiger partial charge in [0.1, 0.15) is 18.3 Å². The van der Waals surface area contributed by atoms with E-state index in [1.54, 1.807) is 12.1 Å². The van der Waals surface area contributed by atoms with E-state index < -0.39 is 42.5 Å². The number of rotatable bonds is 7. The van der Waals surface area contributed by atoms with Gasteiger partial charge in [0, 0.05) is 6.61 Å². The molecule has 190 valence electrons. The van der Waals surface area contributed by atoms with Crippen molar-refractivity contribution in [1.29, 1.82) is 0 Å². The number of fused-ring (bicyclic) bond motifs is 1. The Bertz CT molecular complexity index is 1010. The van der Waals surface area contributed by atoms with Gasteiger partial charge in [0.25, 0.3) is 0 Å². The quantitative estimate of drug-likeness (QED) is 0.511. The predicted molar refractivity (Wildman–Crippen MR) is 127 cm³/mol. The number of likely N-dealkylation sites (tertiary alicyclic amines) is 1. The van der Waals surface area contributed by atoms with Crippen LogP contribution in [0.3, 0.4) is 0 Å². The molecule has 0 radical (unpaired) electrons. The summed E-state index contributed by atoms with van der Waals surface area (Å²) in [5, 5.41) is 2.60. The Labute approximate surface area is 203 Å². The minimum Gasteiger partial charge on any atom is -0.373 e. The Morgan fingerprint density at radius 1 is 1.09 bits per heavy atom. The summed E-state index contributed by atoms with van der Waals surface area (Å²) in [5.74, 6) is -0.529. The maximum atomic E-state index is 14.4. The molecular weight excluding hydrogens is 460 g/mol. The zero-order valence-corrected chi connectivity index (χ0v) is 20.2. The highest BCUT2D eigenvalue weighted by Gasteiger charge is 2.50. The lowest BCUT2D eigenvalue weighted by atomic mass is 9.97. The maximum Gasteiger partial charge on any atom is 0.407 e. The van der Waals surface area contributed by atoms with Gasteiger partial charge in [0.05, 0.1) is 18.6 Å². The fourth-order valence-corrected chi connectivity index (χ4v) is 5.07. The lowest BCUT2D eigenvalue weighted by molar-refractivity contribution is -0.162. The van der Waals surface area contributed by atoms with Crippen LogP contribution < -0.4 is 5.32 Å². The van der Waals surface area contributed by atoms with E-state index in [-0.39, 0.29) is 24.4 Å². The van der Waals surface area contributed by atoms with E-state index in [1.165, 1.54) is 17.0 Å². The lowest BCUT2D eigenvalue weighted by Crippen LogP contribution is -2.52. The smallest absolute Gasteiger partial charge is 0.373 e. The van der Waals surface area contributed by atoms with Crippen LogP contribution in [0.4, 0.5) is 17.6 Å². The van der Waals surface area contributed by atoms with E-state index in [4.69, 9.17) is 4.74 Å². The van der Waals surface area contributed by atoms with E-state index in [2.05, 4.69) is 5.32 Å². The van der Waals surface area contributed by atoms with Crippen molar-refractivity contribution in [2.24, 2.45) is 5.92 Å². The second-order valence-corrected chi connectivity index (χ2v) is 10.0. The van der Waals surface area contributed by atoms with E-state index in [9.17, 15) is 22.4 Å². The van der Waals surface area contributed by atoms with Crippen LogP contribution in [0.2, 0.25) is 0 Å². The van der Waals surface area contributed by atoms with Crippen molar-refractivity contribution in [3.63, 3.8) is 0 Å². The Morgan fingerprint density at radius 3 is 2.26 bits per heavy atom. The van der Waals surface area contributed by atoms with E-state index in [0.29, 0.717) is 13.0 Å². The summed E-state index contributed by atoms with van der Waals surface area (Å²) in [7, 11) is 0. The molecule has 0 saturated carbocycles. The highest BCUT2D eigenvalue weighted by atomic mass is 19.4. The number of benzene rings is 2. The summed E-state index contributed by atoms with van der Waals surface area (Å²) in [6.07, 6.45) is -5.93. The van der Waals surface area contributed by atoms with E-state index in [1.807, 2.05) is 45.0 Å². The second-order valence-electron chi connectivity index (χ2n) is 10.0. The average molecular weight is 493 g/mol. The van der Waals surface area contributed by atoms with Crippen LogP contribution in [0, 0.1) is 12.8 Å². The van der Waals surface area contributed by atoms with Crippen LogP contribution in [-0.4, -0.2) is 54.5 Å². The minimum atomic E-state index is -4.62. The Kier molecular flexibility index (Phi) is 7.52. The van der Waals surface area contributed by atoms with Gasteiger partial charge in [-0.15, -0.1) is 0 Å². The first-order valence-electron chi connectivity index (χ1n) is 12.1. The average Bonchev–Trinajstić information content (AvgIpc) is 3.40. The Balaban J connectivity index is 1.57. The van der Waals surface area contributed by atoms with Gasteiger partial charge in [-0.2, -0.15) is 13.2 Å². The Morgan fingerprint density at radius 2 is 1.69 bits per heavy atom. The van der Waals surface area contributed by atoms with Gasteiger partial charge in [-0.3, -0.25) is 10.1 Å². The molecule has 0 spiro atoms. The fraction of sp³-hybridized carbons (Fsp3) is 0.519. The number of hydrogen-bond donors (Lipinski definition) is 1. The van der Waals surface area contributed by atoms with Crippen molar-refractivity contribution < 1.29 is 27.1 Å². The van der Waals surface area contributed by atoms with Gasteiger partial charge >= 0.3 is 6.18 Å². The number of ether oxygens (including phenoxy) is 1. The van der Waals surface area contributed by atoms with Crippen molar-refractivity contribution in [1.82, 2.24) is 10.2 Å². The zero-order valence-electron chi connectivity index (χ0n) is 20.2. The first-order chi connectivity index (χ1) is 16.5. The third kappa shape index (κ3) is 5.70. The first kappa shape index (κ1) is 25.6. The molecule has 8 heteroatoms. The summed E-state index contributed by atoms with van der Waals surface area (Å²) in [5.41, 5.74) is 2.85. The van der Waals surface area contributed by atoms with Crippen LogP contribution in [0.5, 0.6) is 0 Å². The number of nitrogens with one attached hydrogen (secondary N) is 1. The topological polar surface area (TPSA) is 41.6 Å². The summed E-state index contributed by atoms with van der Waals surface area (Å²) in [6, 6.07) is 10.4. The number of carbonyl (C=O) groups excluding carboxylic acids is 1. The number of carbonyl (C=O) groups is 1. The van der Waals surface area contributed by atoms with Crippen molar-refractivity contribution in [3.8, 4) is 11.1 Å². The summed E-state index contributed by atoms with van der Waals surface area (Å²) in [6.45, 7) is 5.87. The van der Waals surface area contributed by atoms with Gasteiger partial charge in [-0.1, -0.05) is 67.9 Å². The molecule has 0 bridgehead atoms. The SMILES string of the molecule is Cc1ccc(-c2ccc(C(NC(CC(C)C)C(=O)N3C[C@H](F)[C@H]4OCC[C@H]43)C(F)(F)F)cc2)cc1. The van der Waals surface area contributed by atoms with Gasteiger partial charge in [0.15, 0.2) is 0 Å². The molecule has 0 aliphatic carbocycles. The number of nitrogens with zero attached hydrogens (tertiary/aromatic N) is 1. The number of amides is 1. The monoisotopic (exact) mass is 492 g/mol. The van der Waals surface area contributed by atoms with Crippen LogP contribution >= 0.6 is 0 Å². The summed E-state index contributed by atoms with van der Waals surface area (Å²) in [4.78, 5) is 14.8. The summed E-state index contributed by atoms with van der Waals surface area (Å²) >= 11 is 0. The molecule has 1 N–H and O–H groups in total. The molecule has 5 atom stereocenters. The molecule has 0 aromatic heterocycles. The third-order valence-electron chi connectivity index (χ3n) is 6.84. The van der Waals surface area contributed by atoms with Crippen molar-refractivity contribution >= 4 is 5.91 Å². The summed E-state index contributed by atoms with van der Waals surface area (Å²) < 4.78 is 62.5. The van der Waals surface area contributed by atoms with Crippen molar-refractivity contribution in [2.75, 3.05) is 13.2 Å². The molecule has 4 nitrogen and oxygen atoms in total. The van der Waals surface area contributed by atoms with Crippen molar-refractivity contribution in [3.05, 3.63) is 59.7 Å². The van der Waals surface area contributed by atoms with Gasteiger partial charge < -0.3 is 9.64 Å². The number of alkyl halides is 4. The second kappa shape index (κ2) is 10.3. The lowest BCUT2D eigenvalue weighted by Gasteiger charge is -2.32.